The predicted molar refractivity (Wildman–Crippen MR) is 85.0 cm³/mol. The number of piperidine rings is 1. The number of hydrogen-bond donors (Lipinski definition) is 1. The van der Waals surface area contributed by atoms with E-state index < -0.39 is 16.1 Å². The molecule has 1 aliphatic rings. The van der Waals surface area contributed by atoms with Crippen LogP contribution < -0.4 is 0 Å². The molecule has 2 atom stereocenters. The van der Waals surface area contributed by atoms with Gasteiger partial charge >= 0.3 is 0 Å². The Kier molecular flexibility index (Phi) is 3.92. The summed E-state index contributed by atoms with van der Waals surface area (Å²) in [5.41, 5.74) is 1.65. The number of aromatic nitrogens is 1. The van der Waals surface area contributed by atoms with Gasteiger partial charge in [0, 0.05) is 24.7 Å². The topological polar surface area (TPSA) is 70.5 Å². The molecule has 2 aromatic rings. The molecular weight excluding hydrogens is 300 g/mol. The highest BCUT2D eigenvalue weighted by atomic mass is 32.2. The summed E-state index contributed by atoms with van der Waals surface area (Å²) in [6, 6.07) is 6.95. The number of nitrogens with zero attached hydrogens (tertiary/aromatic N) is 2. The van der Waals surface area contributed by atoms with Crippen LogP contribution in [0.25, 0.3) is 10.9 Å². The zero-order valence-electron chi connectivity index (χ0n) is 12.7. The van der Waals surface area contributed by atoms with E-state index in [4.69, 9.17) is 0 Å². The van der Waals surface area contributed by atoms with Gasteiger partial charge < -0.3 is 5.11 Å². The first-order valence-corrected chi connectivity index (χ1v) is 8.88. The summed E-state index contributed by atoms with van der Waals surface area (Å²) in [4.78, 5) is 4.56. The standard InChI is InChI=1S/C16H20N2O3S/c1-11-7-9-18(10-14(11)19)22(20,21)15-6-5-12(2)16-13(15)4-3-8-17-16/h3-6,8,11,14,19H,7,9-10H2,1-2H3. The lowest BCUT2D eigenvalue weighted by atomic mass is 9.98. The summed E-state index contributed by atoms with van der Waals surface area (Å²) in [5.74, 6) is 0.128. The van der Waals surface area contributed by atoms with Gasteiger partial charge in [0.05, 0.1) is 16.5 Å². The van der Waals surface area contributed by atoms with Gasteiger partial charge in [0.25, 0.3) is 0 Å². The van der Waals surface area contributed by atoms with E-state index in [2.05, 4.69) is 4.98 Å². The van der Waals surface area contributed by atoms with E-state index in [0.717, 1.165) is 5.56 Å². The van der Waals surface area contributed by atoms with Crippen LogP contribution in [0.4, 0.5) is 0 Å². The molecular formula is C16H20N2O3S. The number of benzene rings is 1. The number of fused-ring (bicyclic) bond motifs is 1. The quantitative estimate of drug-likeness (QED) is 0.918. The van der Waals surface area contributed by atoms with Gasteiger partial charge in [-0.05, 0) is 43.0 Å². The minimum Gasteiger partial charge on any atom is -0.391 e. The highest BCUT2D eigenvalue weighted by Gasteiger charge is 2.33. The number of aryl methyl sites for hydroxylation is 1. The molecule has 1 saturated heterocycles. The first-order valence-electron chi connectivity index (χ1n) is 7.44. The molecule has 118 valence electrons. The molecule has 0 aliphatic carbocycles. The Balaban J connectivity index is 2.09. The van der Waals surface area contributed by atoms with Crippen LogP contribution in [0.2, 0.25) is 0 Å². The minimum absolute atomic E-state index is 0.128. The predicted octanol–water partition coefficient (Wildman–Crippen LogP) is 1.93. The number of aliphatic hydroxyl groups excluding tert-OH is 1. The third kappa shape index (κ3) is 2.51. The summed E-state index contributed by atoms with van der Waals surface area (Å²) >= 11 is 0. The Labute approximate surface area is 130 Å². The Morgan fingerprint density at radius 2 is 2.09 bits per heavy atom. The Morgan fingerprint density at radius 3 is 2.82 bits per heavy atom. The number of hydrogen-bond acceptors (Lipinski definition) is 4. The summed E-state index contributed by atoms with van der Waals surface area (Å²) < 4.78 is 27.3. The van der Waals surface area contributed by atoms with Gasteiger partial charge in [0.2, 0.25) is 10.0 Å². The van der Waals surface area contributed by atoms with Gasteiger partial charge in [-0.1, -0.05) is 13.0 Å². The molecule has 22 heavy (non-hydrogen) atoms. The van der Waals surface area contributed by atoms with Gasteiger partial charge in [-0.25, -0.2) is 8.42 Å². The van der Waals surface area contributed by atoms with Gasteiger partial charge in [0.1, 0.15) is 0 Å². The molecule has 0 amide bonds. The van der Waals surface area contributed by atoms with E-state index >= 15 is 0 Å². The molecule has 1 N–H and O–H groups in total. The van der Waals surface area contributed by atoms with E-state index in [-0.39, 0.29) is 17.4 Å². The molecule has 1 aromatic heterocycles. The van der Waals surface area contributed by atoms with Crippen molar-refractivity contribution in [2.24, 2.45) is 5.92 Å². The summed E-state index contributed by atoms with van der Waals surface area (Å²) in [7, 11) is -3.63. The third-order valence-electron chi connectivity index (χ3n) is 4.43. The van der Waals surface area contributed by atoms with Crippen molar-refractivity contribution in [2.45, 2.75) is 31.3 Å². The number of sulfonamides is 1. The lowest BCUT2D eigenvalue weighted by Gasteiger charge is -2.33. The largest absolute Gasteiger partial charge is 0.391 e. The maximum atomic E-state index is 13.0. The molecule has 5 nitrogen and oxygen atoms in total. The first-order chi connectivity index (χ1) is 10.4. The smallest absolute Gasteiger partial charge is 0.243 e. The van der Waals surface area contributed by atoms with Crippen LogP contribution in [-0.4, -0.2) is 42.0 Å². The van der Waals surface area contributed by atoms with Gasteiger partial charge in [-0.2, -0.15) is 4.31 Å². The molecule has 1 aliphatic heterocycles. The van der Waals surface area contributed by atoms with Crippen molar-refractivity contribution >= 4 is 20.9 Å². The highest BCUT2D eigenvalue weighted by molar-refractivity contribution is 7.89. The van der Waals surface area contributed by atoms with Gasteiger partial charge in [-0.15, -0.1) is 0 Å². The average molecular weight is 320 g/mol. The van der Waals surface area contributed by atoms with E-state index in [1.165, 1.54) is 4.31 Å². The number of pyridine rings is 1. The van der Waals surface area contributed by atoms with E-state index in [1.54, 1.807) is 30.5 Å². The average Bonchev–Trinajstić information content (AvgIpc) is 2.50. The fraction of sp³-hybridized carbons (Fsp3) is 0.438. The fourth-order valence-electron chi connectivity index (χ4n) is 2.89. The second kappa shape index (κ2) is 5.61. The van der Waals surface area contributed by atoms with Crippen LogP contribution in [0.15, 0.2) is 35.4 Å². The second-order valence-electron chi connectivity index (χ2n) is 5.98. The molecule has 6 heteroatoms. The van der Waals surface area contributed by atoms with Crippen molar-refractivity contribution in [3.05, 3.63) is 36.0 Å². The monoisotopic (exact) mass is 320 g/mol. The zero-order valence-corrected chi connectivity index (χ0v) is 13.5. The minimum atomic E-state index is -3.63. The summed E-state index contributed by atoms with van der Waals surface area (Å²) in [6.45, 7) is 4.45. The summed E-state index contributed by atoms with van der Waals surface area (Å²) in [5, 5.41) is 10.6. The van der Waals surface area contributed by atoms with Gasteiger partial charge in [-0.3, -0.25) is 4.98 Å². The van der Waals surface area contributed by atoms with Crippen molar-refractivity contribution in [3.8, 4) is 0 Å². The molecule has 0 radical (unpaired) electrons. The molecule has 3 rings (SSSR count). The van der Waals surface area contributed by atoms with E-state index in [0.29, 0.717) is 23.9 Å². The maximum Gasteiger partial charge on any atom is 0.243 e. The first kappa shape index (κ1) is 15.4. The van der Waals surface area contributed by atoms with Crippen LogP contribution in [0, 0.1) is 12.8 Å². The molecule has 0 saturated carbocycles. The molecule has 0 spiro atoms. The highest BCUT2D eigenvalue weighted by Crippen LogP contribution is 2.29. The van der Waals surface area contributed by atoms with Crippen molar-refractivity contribution in [1.29, 1.82) is 0 Å². The maximum absolute atomic E-state index is 13.0. The summed E-state index contributed by atoms with van der Waals surface area (Å²) in [6.07, 6.45) is 1.72. The SMILES string of the molecule is Cc1ccc(S(=O)(=O)N2CCC(C)C(O)C2)c2cccnc12. The number of aliphatic hydroxyl groups is 1. The fourth-order valence-corrected chi connectivity index (χ4v) is 4.55. The van der Waals surface area contributed by atoms with Crippen LogP contribution in [0.1, 0.15) is 18.9 Å². The van der Waals surface area contributed by atoms with E-state index in [9.17, 15) is 13.5 Å². The van der Waals surface area contributed by atoms with Crippen molar-refractivity contribution in [2.75, 3.05) is 13.1 Å². The third-order valence-corrected chi connectivity index (χ3v) is 6.35. The molecule has 2 heterocycles. The molecule has 2 unspecified atom stereocenters. The van der Waals surface area contributed by atoms with Crippen LogP contribution in [-0.2, 0) is 10.0 Å². The Hall–Kier alpha value is -1.50. The van der Waals surface area contributed by atoms with Crippen molar-refractivity contribution < 1.29 is 13.5 Å². The Morgan fingerprint density at radius 1 is 1.32 bits per heavy atom. The normalized spacial score (nSPS) is 23.8. The Bertz CT molecular complexity index is 804. The number of rotatable bonds is 2. The molecule has 0 bridgehead atoms. The van der Waals surface area contributed by atoms with Crippen LogP contribution >= 0.6 is 0 Å². The lowest BCUT2D eigenvalue weighted by Crippen LogP contribution is -2.45. The lowest BCUT2D eigenvalue weighted by molar-refractivity contribution is 0.0605. The van der Waals surface area contributed by atoms with Crippen LogP contribution in [0.3, 0.4) is 0 Å². The molecule has 1 fully saturated rings. The van der Waals surface area contributed by atoms with Crippen molar-refractivity contribution in [3.63, 3.8) is 0 Å². The van der Waals surface area contributed by atoms with Crippen molar-refractivity contribution in [1.82, 2.24) is 9.29 Å². The second-order valence-corrected chi connectivity index (χ2v) is 7.88. The molecule has 1 aromatic carbocycles. The van der Waals surface area contributed by atoms with Gasteiger partial charge in [0.15, 0.2) is 0 Å². The number of β-amino-alcohol motifs (C(OH)–C–C–N with tert-alkyl or cyclic N) is 1. The van der Waals surface area contributed by atoms with Crippen LogP contribution in [0.5, 0.6) is 0 Å². The van der Waals surface area contributed by atoms with E-state index in [1.807, 2.05) is 13.8 Å². The zero-order chi connectivity index (χ0) is 15.9.